The number of thiophene rings is 1. The van der Waals surface area contributed by atoms with E-state index in [1.54, 1.807) is 11.3 Å². The van der Waals surface area contributed by atoms with Crippen molar-refractivity contribution < 1.29 is 4.79 Å². The minimum atomic E-state index is 0.167. The second-order valence-electron chi connectivity index (χ2n) is 5.40. The van der Waals surface area contributed by atoms with Gasteiger partial charge in [-0.15, -0.1) is 0 Å². The van der Waals surface area contributed by atoms with Crippen LogP contribution >= 0.6 is 11.3 Å². The van der Waals surface area contributed by atoms with Gasteiger partial charge in [0.2, 0.25) is 0 Å². The number of piperidine rings is 1. The maximum absolute atomic E-state index is 12.6. The third-order valence-corrected chi connectivity index (χ3v) is 4.50. The first-order valence-corrected chi connectivity index (χ1v) is 8.00. The third kappa shape index (κ3) is 2.77. The van der Waals surface area contributed by atoms with Crippen molar-refractivity contribution in [2.24, 2.45) is 0 Å². The van der Waals surface area contributed by atoms with Gasteiger partial charge in [0, 0.05) is 18.1 Å². The quantitative estimate of drug-likeness (QED) is 0.871. The van der Waals surface area contributed by atoms with Gasteiger partial charge >= 0.3 is 0 Å². The number of rotatable bonds is 3. The lowest BCUT2D eigenvalue weighted by atomic mass is 10.0. The summed E-state index contributed by atoms with van der Waals surface area (Å²) in [4.78, 5) is 14.6. The van der Waals surface area contributed by atoms with Gasteiger partial charge in [0.15, 0.2) is 0 Å². The highest BCUT2D eigenvalue weighted by Crippen LogP contribution is 2.22. The van der Waals surface area contributed by atoms with E-state index in [2.05, 4.69) is 5.10 Å². The van der Waals surface area contributed by atoms with Crippen LogP contribution in [0.3, 0.4) is 0 Å². The zero-order valence-corrected chi connectivity index (χ0v) is 12.5. The van der Waals surface area contributed by atoms with Crippen LogP contribution in [0.4, 0.5) is 0 Å². The van der Waals surface area contributed by atoms with Crippen molar-refractivity contribution in [3.63, 3.8) is 0 Å². The Balaban J connectivity index is 1.75. The van der Waals surface area contributed by atoms with E-state index in [-0.39, 0.29) is 11.9 Å². The average Bonchev–Trinajstić information content (AvgIpc) is 3.10. The lowest BCUT2D eigenvalue weighted by Crippen LogP contribution is -2.45. The molecular weight excluding hydrogens is 270 g/mol. The minimum absolute atomic E-state index is 0.167. The lowest BCUT2D eigenvalue weighted by molar-refractivity contribution is 0.0584. The predicted molar refractivity (Wildman–Crippen MR) is 80.0 cm³/mol. The molecule has 1 aliphatic rings. The summed E-state index contributed by atoms with van der Waals surface area (Å²) in [6.07, 6.45) is 7.27. The number of carbonyl (C=O) groups excluding carboxylic acids is 1. The van der Waals surface area contributed by atoms with Gasteiger partial charge in [-0.1, -0.05) is 0 Å². The molecule has 0 spiro atoms. The molecule has 20 heavy (non-hydrogen) atoms. The first-order chi connectivity index (χ1) is 9.74. The standard InChI is InChI=1S/C15H19N3OS/c1-12-8-16-17(9-12)10-14-4-2-3-6-18(14)15(19)13-5-7-20-11-13/h5,7-9,11,14H,2-4,6,10H2,1H3/t14-/m0/s1. The molecule has 0 aromatic carbocycles. The Morgan fingerprint density at radius 1 is 1.50 bits per heavy atom. The van der Waals surface area contributed by atoms with Crippen molar-refractivity contribution in [2.75, 3.05) is 6.54 Å². The van der Waals surface area contributed by atoms with Gasteiger partial charge < -0.3 is 4.90 Å². The van der Waals surface area contributed by atoms with E-state index in [4.69, 9.17) is 0 Å². The summed E-state index contributed by atoms with van der Waals surface area (Å²) in [5.41, 5.74) is 1.98. The molecule has 3 heterocycles. The van der Waals surface area contributed by atoms with E-state index in [1.165, 1.54) is 6.42 Å². The molecule has 0 radical (unpaired) electrons. The van der Waals surface area contributed by atoms with Crippen LogP contribution in [0.15, 0.2) is 29.2 Å². The molecule has 1 aliphatic heterocycles. The summed E-state index contributed by atoms with van der Waals surface area (Å²) in [6.45, 7) is 3.70. The molecule has 5 heteroatoms. The Bertz CT molecular complexity index is 576. The van der Waals surface area contributed by atoms with Crippen LogP contribution in [0.2, 0.25) is 0 Å². The zero-order valence-electron chi connectivity index (χ0n) is 11.7. The maximum Gasteiger partial charge on any atom is 0.255 e. The van der Waals surface area contributed by atoms with Gasteiger partial charge in [-0.3, -0.25) is 9.48 Å². The molecule has 1 fully saturated rings. The number of aromatic nitrogens is 2. The van der Waals surface area contributed by atoms with Crippen LogP contribution in [0, 0.1) is 6.92 Å². The second kappa shape index (κ2) is 5.79. The van der Waals surface area contributed by atoms with Gasteiger partial charge in [0.05, 0.1) is 24.3 Å². The van der Waals surface area contributed by atoms with Crippen LogP contribution in [0.1, 0.15) is 35.2 Å². The van der Waals surface area contributed by atoms with Crippen LogP contribution in [-0.2, 0) is 6.54 Å². The summed E-state index contributed by atoms with van der Waals surface area (Å²) >= 11 is 1.58. The van der Waals surface area contributed by atoms with Crippen LogP contribution < -0.4 is 0 Å². The molecular formula is C15H19N3OS. The lowest BCUT2D eigenvalue weighted by Gasteiger charge is -2.35. The zero-order chi connectivity index (χ0) is 13.9. The van der Waals surface area contributed by atoms with Crippen molar-refractivity contribution in [1.82, 2.24) is 14.7 Å². The van der Waals surface area contributed by atoms with Gasteiger partial charge in [0.1, 0.15) is 0 Å². The molecule has 1 saturated heterocycles. The highest BCUT2D eigenvalue weighted by Gasteiger charge is 2.28. The first-order valence-electron chi connectivity index (χ1n) is 7.06. The fourth-order valence-corrected chi connectivity index (χ4v) is 3.42. The number of hydrogen-bond donors (Lipinski definition) is 0. The Kier molecular flexibility index (Phi) is 3.87. The molecule has 2 aromatic rings. The smallest absolute Gasteiger partial charge is 0.255 e. The van der Waals surface area contributed by atoms with Crippen molar-refractivity contribution in [3.05, 3.63) is 40.3 Å². The Labute approximate surface area is 123 Å². The first kappa shape index (κ1) is 13.4. The van der Waals surface area contributed by atoms with E-state index in [1.807, 2.05) is 45.7 Å². The van der Waals surface area contributed by atoms with Crippen molar-refractivity contribution >= 4 is 17.2 Å². The number of hydrogen-bond acceptors (Lipinski definition) is 3. The summed E-state index contributed by atoms with van der Waals surface area (Å²) < 4.78 is 1.96. The molecule has 0 saturated carbocycles. The van der Waals surface area contributed by atoms with Gasteiger partial charge in [-0.25, -0.2) is 0 Å². The molecule has 1 amide bonds. The molecule has 1 atom stereocenters. The molecule has 2 aromatic heterocycles. The second-order valence-corrected chi connectivity index (χ2v) is 6.18. The van der Waals surface area contributed by atoms with Gasteiger partial charge in [-0.05, 0) is 43.2 Å². The molecule has 0 bridgehead atoms. The van der Waals surface area contributed by atoms with E-state index in [0.29, 0.717) is 0 Å². The Morgan fingerprint density at radius 2 is 2.40 bits per heavy atom. The Hall–Kier alpha value is -1.62. The highest BCUT2D eigenvalue weighted by molar-refractivity contribution is 7.08. The number of aryl methyl sites for hydroxylation is 1. The average molecular weight is 289 g/mol. The SMILES string of the molecule is Cc1cnn(C[C@@H]2CCCCN2C(=O)c2ccsc2)c1. The topological polar surface area (TPSA) is 38.1 Å². The highest BCUT2D eigenvalue weighted by atomic mass is 32.1. The van der Waals surface area contributed by atoms with E-state index in [0.717, 1.165) is 37.1 Å². The van der Waals surface area contributed by atoms with Crippen LogP contribution in [-0.4, -0.2) is 33.2 Å². The van der Waals surface area contributed by atoms with Gasteiger partial charge in [0.25, 0.3) is 5.91 Å². The number of amides is 1. The summed E-state index contributed by atoms with van der Waals surface area (Å²) in [6, 6.07) is 2.17. The van der Waals surface area contributed by atoms with Crippen molar-refractivity contribution in [2.45, 2.75) is 38.8 Å². The third-order valence-electron chi connectivity index (χ3n) is 3.82. The fourth-order valence-electron chi connectivity index (χ4n) is 2.79. The van der Waals surface area contributed by atoms with E-state index in [9.17, 15) is 4.79 Å². The minimum Gasteiger partial charge on any atom is -0.334 e. The Morgan fingerprint density at radius 3 is 3.10 bits per heavy atom. The fraction of sp³-hybridized carbons (Fsp3) is 0.467. The summed E-state index contributed by atoms with van der Waals surface area (Å²) in [7, 11) is 0. The molecule has 4 nitrogen and oxygen atoms in total. The van der Waals surface area contributed by atoms with E-state index < -0.39 is 0 Å². The largest absolute Gasteiger partial charge is 0.334 e. The summed E-state index contributed by atoms with van der Waals surface area (Å²) in [5.74, 6) is 0.167. The maximum atomic E-state index is 12.6. The number of carbonyl (C=O) groups is 1. The predicted octanol–water partition coefficient (Wildman–Crippen LogP) is 2.95. The normalized spacial score (nSPS) is 19.2. The molecule has 0 unspecified atom stereocenters. The van der Waals surface area contributed by atoms with E-state index >= 15 is 0 Å². The molecule has 0 N–H and O–H groups in total. The monoisotopic (exact) mass is 289 g/mol. The molecule has 0 aliphatic carbocycles. The van der Waals surface area contributed by atoms with Crippen molar-refractivity contribution in [3.8, 4) is 0 Å². The summed E-state index contributed by atoms with van der Waals surface area (Å²) in [5, 5.41) is 8.25. The number of likely N-dealkylation sites (tertiary alicyclic amines) is 1. The van der Waals surface area contributed by atoms with Crippen molar-refractivity contribution in [1.29, 1.82) is 0 Å². The number of nitrogens with zero attached hydrogens (tertiary/aromatic N) is 3. The molecule has 106 valence electrons. The molecule has 3 rings (SSSR count). The van der Waals surface area contributed by atoms with Crippen LogP contribution in [0.25, 0.3) is 0 Å². The van der Waals surface area contributed by atoms with Crippen LogP contribution in [0.5, 0.6) is 0 Å². The van der Waals surface area contributed by atoms with Gasteiger partial charge in [-0.2, -0.15) is 16.4 Å².